The van der Waals surface area contributed by atoms with Gasteiger partial charge in [0.25, 0.3) is 0 Å². The van der Waals surface area contributed by atoms with Gasteiger partial charge in [-0.25, -0.2) is 4.39 Å². The van der Waals surface area contributed by atoms with Gasteiger partial charge in [-0.2, -0.15) is 0 Å². The van der Waals surface area contributed by atoms with Crippen LogP contribution in [0.4, 0.5) is 4.39 Å². The number of hydrogen-bond acceptors (Lipinski definition) is 1. The summed E-state index contributed by atoms with van der Waals surface area (Å²) in [4.78, 5) is 2.60. The lowest BCUT2D eigenvalue weighted by atomic mass is 9.96. The molecule has 0 radical (unpaired) electrons. The van der Waals surface area contributed by atoms with E-state index in [1.54, 1.807) is 0 Å². The first-order chi connectivity index (χ1) is 9.78. The van der Waals surface area contributed by atoms with Gasteiger partial charge in [0.05, 0.1) is 0 Å². The lowest BCUT2D eigenvalue weighted by Gasteiger charge is -2.31. The van der Waals surface area contributed by atoms with Crippen LogP contribution in [0.2, 0.25) is 0 Å². The molecule has 1 aliphatic rings. The molecular weight excluding hydrogens is 285 g/mol. The first-order valence-corrected chi connectivity index (χ1v) is 7.94. The van der Waals surface area contributed by atoms with E-state index in [9.17, 15) is 4.39 Å². The van der Waals surface area contributed by atoms with E-state index in [1.165, 1.54) is 63.9 Å². The second-order valence-corrected chi connectivity index (χ2v) is 5.82. The molecule has 3 heteroatoms. The van der Waals surface area contributed by atoms with Gasteiger partial charge >= 0.3 is 0 Å². The molecule has 0 amide bonds. The minimum atomic E-state index is -0.165. The highest BCUT2D eigenvalue weighted by Gasteiger charge is 2.16. The smallest absolute Gasteiger partial charge is 0.123 e. The number of hydrogen-bond donors (Lipinski definition) is 0. The van der Waals surface area contributed by atoms with Crippen molar-refractivity contribution in [2.45, 2.75) is 39.0 Å². The Bertz CT molecular complexity index is 416. The highest BCUT2D eigenvalue weighted by Crippen LogP contribution is 2.19. The van der Waals surface area contributed by atoms with Crippen molar-refractivity contribution in [3.05, 3.63) is 41.7 Å². The summed E-state index contributed by atoms with van der Waals surface area (Å²) in [6.45, 7) is 5.94. The average molecular weight is 312 g/mol. The van der Waals surface area contributed by atoms with Gasteiger partial charge < -0.3 is 4.90 Å². The first kappa shape index (κ1) is 18.2. The summed E-state index contributed by atoms with van der Waals surface area (Å²) < 4.78 is 12.8. The molecule has 0 aliphatic carbocycles. The predicted octanol–water partition coefficient (Wildman–Crippen LogP) is 5.16. The standard InChI is InChI=1S/C18H26FN.ClH/c1-2-3-4-13-20-14-5-6-17(15-20)8-7-16-9-11-18(19)12-10-16;/h7-12,17H,2-6,13-15H2,1H3;1H. The maximum atomic E-state index is 12.8. The van der Waals surface area contributed by atoms with Crippen LogP contribution in [-0.4, -0.2) is 24.5 Å². The van der Waals surface area contributed by atoms with Crippen molar-refractivity contribution in [2.75, 3.05) is 19.6 Å². The van der Waals surface area contributed by atoms with Crippen LogP contribution in [0, 0.1) is 11.7 Å². The van der Waals surface area contributed by atoms with Gasteiger partial charge in [0, 0.05) is 6.54 Å². The molecule has 0 N–H and O–H groups in total. The fourth-order valence-corrected chi connectivity index (χ4v) is 2.86. The van der Waals surface area contributed by atoms with Gasteiger partial charge in [0.1, 0.15) is 5.82 Å². The average Bonchev–Trinajstić information content (AvgIpc) is 2.47. The zero-order chi connectivity index (χ0) is 14.2. The second kappa shape index (κ2) is 9.97. The quantitative estimate of drug-likeness (QED) is 0.656. The minimum Gasteiger partial charge on any atom is -0.303 e. The van der Waals surface area contributed by atoms with Crippen molar-refractivity contribution in [3.63, 3.8) is 0 Å². The van der Waals surface area contributed by atoms with Crippen LogP contribution in [0.5, 0.6) is 0 Å². The highest BCUT2D eigenvalue weighted by atomic mass is 35.5. The van der Waals surface area contributed by atoms with Crippen LogP contribution in [0.25, 0.3) is 6.08 Å². The van der Waals surface area contributed by atoms with E-state index in [0.717, 1.165) is 5.56 Å². The molecule has 1 heterocycles. The number of rotatable bonds is 6. The largest absolute Gasteiger partial charge is 0.303 e. The van der Waals surface area contributed by atoms with Gasteiger partial charge in [-0.1, -0.05) is 44.1 Å². The van der Waals surface area contributed by atoms with Crippen LogP contribution in [0.3, 0.4) is 0 Å². The van der Waals surface area contributed by atoms with E-state index in [2.05, 4.69) is 24.0 Å². The summed E-state index contributed by atoms with van der Waals surface area (Å²) >= 11 is 0. The SMILES string of the molecule is CCCCCN1CCCC(C=Cc2ccc(F)cc2)C1.Cl. The van der Waals surface area contributed by atoms with E-state index >= 15 is 0 Å². The van der Waals surface area contributed by atoms with E-state index in [0.29, 0.717) is 5.92 Å². The van der Waals surface area contributed by atoms with Crippen LogP contribution in [0.15, 0.2) is 30.3 Å². The summed E-state index contributed by atoms with van der Waals surface area (Å²) in [7, 11) is 0. The fourth-order valence-electron chi connectivity index (χ4n) is 2.86. The van der Waals surface area contributed by atoms with E-state index in [1.807, 2.05) is 12.1 Å². The Morgan fingerprint density at radius 3 is 2.71 bits per heavy atom. The van der Waals surface area contributed by atoms with Gasteiger partial charge in [-0.15, -0.1) is 12.4 Å². The number of unbranched alkanes of at least 4 members (excludes halogenated alkanes) is 2. The Hall–Kier alpha value is -0.860. The number of benzene rings is 1. The highest BCUT2D eigenvalue weighted by molar-refractivity contribution is 5.85. The number of nitrogens with zero attached hydrogens (tertiary/aromatic N) is 1. The van der Waals surface area contributed by atoms with Gasteiger partial charge in [0.15, 0.2) is 0 Å². The third kappa shape index (κ3) is 6.62. The summed E-state index contributed by atoms with van der Waals surface area (Å²) in [5.41, 5.74) is 1.09. The third-order valence-electron chi connectivity index (χ3n) is 4.05. The third-order valence-corrected chi connectivity index (χ3v) is 4.05. The summed E-state index contributed by atoms with van der Waals surface area (Å²) in [5.74, 6) is 0.484. The Kier molecular flexibility index (Phi) is 8.63. The molecule has 0 aromatic heterocycles. The number of halogens is 2. The summed E-state index contributed by atoms with van der Waals surface area (Å²) in [6, 6.07) is 6.73. The normalized spacial score (nSPS) is 19.6. The van der Waals surface area contributed by atoms with Gasteiger partial charge in [-0.3, -0.25) is 0 Å². The van der Waals surface area contributed by atoms with Crippen molar-refractivity contribution in [3.8, 4) is 0 Å². The molecule has 118 valence electrons. The molecular formula is C18H27ClFN. The fraction of sp³-hybridized carbons (Fsp3) is 0.556. The molecule has 2 rings (SSSR count). The Morgan fingerprint density at radius 1 is 1.24 bits per heavy atom. The zero-order valence-corrected chi connectivity index (χ0v) is 13.7. The van der Waals surface area contributed by atoms with Crippen LogP contribution >= 0.6 is 12.4 Å². The van der Waals surface area contributed by atoms with Crippen molar-refractivity contribution in [1.82, 2.24) is 4.90 Å². The topological polar surface area (TPSA) is 3.24 Å². The Morgan fingerprint density at radius 2 is 2.00 bits per heavy atom. The molecule has 21 heavy (non-hydrogen) atoms. The molecule has 1 atom stereocenters. The lowest BCUT2D eigenvalue weighted by molar-refractivity contribution is 0.194. The molecule has 0 saturated carbocycles. The molecule has 0 spiro atoms. The van der Waals surface area contributed by atoms with Crippen molar-refractivity contribution < 1.29 is 4.39 Å². The predicted molar refractivity (Wildman–Crippen MR) is 91.4 cm³/mol. The molecule has 1 saturated heterocycles. The summed E-state index contributed by atoms with van der Waals surface area (Å²) in [5, 5.41) is 0. The Balaban J connectivity index is 0.00000220. The molecule has 1 aromatic rings. The van der Waals surface area contributed by atoms with E-state index in [4.69, 9.17) is 0 Å². The van der Waals surface area contributed by atoms with Crippen molar-refractivity contribution in [2.24, 2.45) is 5.92 Å². The molecule has 1 fully saturated rings. The maximum absolute atomic E-state index is 12.8. The van der Waals surface area contributed by atoms with Crippen LogP contribution in [-0.2, 0) is 0 Å². The van der Waals surface area contributed by atoms with Gasteiger partial charge in [0.2, 0.25) is 0 Å². The molecule has 1 aliphatic heterocycles. The summed E-state index contributed by atoms with van der Waals surface area (Å²) in [6.07, 6.45) is 11.0. The number of piperidine rings is 1. The van der Waals surface area contributed by atoms with Crippen molar-refractivity contribution >= 4 is 18.5 Å². The van der Waals surface area contributed by atoms with Crippen LogP contribution < -0.4 is 0 Å². The zero-order valence-electron chi connectivity index (χ0n) is 12.9. The first-order valence-electron chi connectivity index (χ1n) is 7.94. The molecule has 1 unspecified atom stereocenters. The maximum Gasteiger partial charge on any atom is 0.123 e. The lowest BCUT2D eigenvalue weighted by Crippen LogP contribution is -2.35. The monoisotopic (exact) mass is 311 g/mol. The van der Waals surface area contributed by atoms with E-state index < -0.39 is 0 Å². The second-order valence-electron chi connectivity index (χ2n) is 5.82. The molecule has 1 nitrogen and oxygen atoms in total. The molecule has 0 bridgehead atoms. The minimum absolute atomic E-state index is 0. The van der Waals surface area contributed by atoms with Crippen molar-refractivity contribution in [1.29, 1.82) is 0 Å². The number of likely N-dealkylation sites (tertiary alicyclic amines) is 1. The van der Waals surface area contributed by atoms with Gasteiger partial charge in [-0.05, 0) is 56.0 Å². The molecule has 1 aromatic carbocycles. The van der Waals surface area contributed by atoms with Crippen LogP contribution in [0.1, 0.15) is 44.6 Å². The van der Waals surface area contributed by atoms with E-state index in [-0.39, 0.29) is 18.2 Å². The Labute approximate surface area is 134 Å².